The van der Waals surface area contributed by atoms with Crippen LogP contribution in [0.4, 0.5) is 0 Å². The second kappa shape index (κ2) is 5.81. The molecule has 6 heteroatoms. The highest BCUT2D eigenvalue weighted by molar-refractivity contribution is 5.97. The summed E-state index contributed by atoms with van der Waals surface area (Å²) in [5, 5.41) is 8.91. The van der Waals surface area contributed by atoms with Gasteiger partial charge < -0.3 is 19.5 Å². The van der Waals surface area contributed by atoms with Gasteiger partial charge in [-0.2, -0.15) is 0 Å². The van der Waals surface area contributed by atoms with Crippen LogP contribution in [0.5, 0.6) is 11.5 Å². The predicted octanol–water partition coefficient (Wildman–Crippen LogP) is 1.39. The quantitative estimate of drug-likeness (QED) is 0.851. The summed E-state index contributed by atoms with van der Waals surface area (Å²) in [6.45, 7) is -0.289. The van der Waals surface area contributed by atoms with Crippen LogP contribution >= 0.6 is 0 Å². The fraction of sp³-hybridized carbons (Fsp3) is 0.429. The van der Waals surface area contributed by atoms with Crippen molar-refractivity contribution in [1.82, 2.24) is 4.90 Å². The second-order valence-corrected chi connectivity index (χ2v) is 4.66. The number of methoxy groups -OCH3 is 2. The average molecular weight is 279 g/mol. The molecule has 20 heavy (non-hydrogen) atoms. The van der Waals surface area contributed by atoms with Crippen molar-refractivity contribution in [3.8, 4) is 11.5 Å². The molecule has 1 aliphatic carbocycles. The Kier molecular flexibility index (Phi) is 4.12. The molecule has 6 nitrogen and oxygen atoms in total. The molecule has 0 aromatic heterocycles. The van der Waals surface area contributed by atoms with Gasteiger partial charge in [-0.15, -0.1) is 0 Å². The first-order valence-electron chi connectivity index (χ1n) is 6.31. The summed E-state index contributed by atoms with van der Waals surface area (Å²) in [7, 11) is 3.00. The van der Waals surface area contributed by atoms with Crippen LogP contribution < -0.4 is 9.47 Å². The van der Waals surface area contributed by atoms with E-state index in [-0.39, 0.29) is 18.5 Å². The van der Waals surface area contributed by atoms with Gasteiger partial charge in [0, 0.05) is 17.7 Å². The third kappa shape index (κ3) is 3.20. The lowest BCUT2D eigenvalue weighted by Gasteiger charge is -2.20. The van der Waals surface area contributed by atoms with Gasteiger partial charge in [-0.3, -0.25) is 9.59 Å². The van der Waals surface area contributed by atoms with Crippen molar-refractivity contribution < 1.29 is 24.2 Å². The number of amides is 1. The van der Waals surface area contributed by atoms with Crippen LogP contribution in [0, 0.1) is 0 Å². The standard InChI is InChI=1S/C14H17NO5/c1-19-11-5-9(6-12(7-11)20-2)14(18)15(8-13(16)17)10-3-4-10/h5-7,10H,3-4,8H2,1-2H3,(H,16,17). The minimum absolute atomic E-state index is 0.0239. The fourth-order valence-corrected chi connectivity index (χ4v) is 2.00. The van der Waals surface area contributed by atoms with E-state index >= 15 is 0 Å². The zero-order chi connectivity index (χ0) is 14.7. The number of aliphatic carboxylic acids is 1. The van der Waals surface area contributed by atoms with E-state index in [0.29, 0.717) is 17.1 Å². The van der Waals surface area contributed by atoms with E-state index in [2.05, 4.69) is 0 Å². The highest BCUT2D eigenvalue weighted by Crippen LogP contribution is 2.30. The van der Waals surface area contributed by atoms with Crippen molar-refractivity contribution in [2.24, 2.45) is 0 Å². The first-order valence-corrected chi connectivity index (χ1v) is 6.31. The third-order valence-electron chi connectivity index (χ3n) is 3.15. The number of carboxylic acids is 1. The van der Waals surface area contributed by atoms with E-state index in [1.807, 2.05) is 0 Å². The molecule has 2 rings (SSSR count). The molecule has 0 saturated heterocycles. The molecule has 1 saturated carbocycles. The van der Waals surface area contributed by atoms with E-state index in [4.69, 9.17) is 14.6 Å². The number of hydrogen-bond donors (Lipinski definition) is 1. The molecule has 0 heterocycles. The molecule has 1 aromatic carbocycles. The lowest BCUT2D eigenvalue weighted by atomic mass is 10.1. The highest BCUT2D eigenvalue weighted by Gasteiger charge is 2.34. The van der Waals surface area contributed by atoms with Gasteiger partial charge in [-0.25, -0.2) is 0 Å². The van der Waals surface area contributed by atoms with Crippen molar-refractivity contribution in [2.75, 3.05) is 20.8 Å². The zero-order valence-corrected chi connectivity index (χ0v) is 11.5. The Morgan fingerprint density at radius 1 is 1.20 bits per heavy atom. The van der Waals surface area contributed by atoms with Crippen LogP contribution in [-0.2, 0) is 4.79 Å². The molecule has 0 bridgehead atoms. The van der Waals surface area contributed by atoms with Crippen molar-refractivity contribution >= 4 is 11.9 Å². The van der Waals surface area contributed by atoms with Gasteiger partial charge in [0.1, 0.15) is 18.0 Å². The van der Waals surface area contributed by atoms with Crippen molar-refractivity contribution in [3.05, 3.63) is 23.8 Å². The van der Waals surface area contributed by atoms with Crippen molar-refractivity contribution in [3.63, 3.8) is 0 Å². The molecular formula is C14H17NO5. The van der Waals surface area contributed by atoms with E-state index in [1.54, 1.807) is 18.2 Å². The van der Waals surface area contributed by atoms with Crippen LogP contribution in [0.15, 0.2) is 18.2 Å². The summed E-state index contributed by atoms with van der Waals surface area (Å²) >= 11 is 0. The molecule has 0 unspecified atom stereocenters. The monoisotopic (exact) mass is 279 g/mol. The van der Waals surface area contributed by atoms with Gasteiger partial charge in [-0.1, -0.05) is 0 Å². The van der Waals surface area contributed by atoms with Crippen LogP contribution in [0.3, 0.4) is 0 Å². The van der Waals surface area contributed by atoms with Crippen molar-refractivity contribution in [1.29, 1.82) is 0 Å². The van der Waals surface area contributed by atoms with E-state index in [1.165, 1.54) is 19.1 Å². The average Bonchev–Trinajstić information content (AvgIpc) is 3.27. The first kappa shape index (κ1) is 14.2. The number of rotatable bonds is 6. The number of nitrogens with zero attached hydrogens (tertiary/aromatic N) is 1. The normalized spacial score (nSPS) is 13.7. The molecule has 1 fully saturated rings. The maximum atomic E-state index is 12.4. The minimum Gasteiger partial charge on any atom is -0.497 e. The fourth-order valence-electron chi connectivity index (χ4n) is 2.00. The summed E-state index contributed by atoms with van der Waals surface area (Å²) in [6, 6.07) is 4.86. The molecule has 1 amide bonds. The van der Waals surface area contributed by atoms with Crippen LogP contribution in [0.2, 0.25) is 0 Å². The Morgan fingerprint density at radius 3 is 2.15 bits per heavy atom. The molecule has 0 atom stereocenters. The lowest BCUT2D eigenvalue weighted by molar-refractivity contribution is -0.137. The third-order valence-corrected chi connectivity index (χ3v) is 3.15. The Balaban J connectivity index is 2.28. The number of carbonyl (C=O) groups is 2. The van der Waals surface area contributed by atoms with Crippen LogP contribution in [0.1, 0.15) is 23.2 Å². The van der Waals surface area contributed by atoms with Gasteiger partial charge in [0.2, 0.25) is 0 Å². The maximum Gasteiger partial charge on any atom is 0.323 e. The molecular weight excluding hydrogens is 262 g/mol. The lowest BCUT2D eigenvalue weighted by Crippen LogP contribution is -2.37. The molecule has 0 spiro atoms. The molecule has 1 aliphatic rings. The van der Waals surface area contributed by atoms with E-state index < -0.39 is 5.97 Å². The topological polar surface area (TPSA) is 76.1 Å². The molecule has 1 aromatic rings. The van der Waals surface area contributed by atoms with Gasteiger partial charge in [0.05, 0.1) is 14.2 Å². The number of carboxylic acid groups (broad SMARTS) is 1. The number of benzene rings is 1. The predicted molar refractivity (Wildman–Crippen MR) is 71.2 cm³/mol. The summed E-state index contributed by atoms with van der Waals surface area (Å²) in [4.78, 5) is 24.7. The Bertz CT molecular complexity index is 502. The largest absolute Gasteiger partial charge is 0.497 e. The van der Waals surface area contributed by atoms with E-state index in [0.717, 1.165) is 12.8 Å². The van der Waals surface area contributed by atoms with Crippen molar-refractivity contribution in [2.45, 2.75) is 18.9 Å². The molecule has 108 valence electrons. The number of ether oxygens (including phenoxy) is 2. The van der Waals surface area contributed by atoms with Crippen LogP contribution in [0.25, 0.3) is 0 Å². The highest BCUT2D eigenvalue weighted by atomic mass is 16.5. The SMILES string of the molecule is COc1cc(OC)cc(C(=O)N(CC(=O)O)C2CC2)c1. The Morgan fingerprint density at radius 2 is 1.75 bits per heavy atom. The zero-order valence-electron chi connectivity index (χ0n) is 11.5. The van der Waals surface area contributed by atoms with Gasteiger partial charge >= 0.3 is 5.97 Å². The Hall–Kier alpha value is -2.24. The second-order valence-electron chi connectivity index (χ2n) is 4.66. The smallest absolute Gasteiger partial charge is 0.323 e. The van der Waals surface area contributed by atoms with E-state index in [9.17, 15) is 9.59 Å². The van der Waals surface area contributed by atoms with Gasteiger partial charge in [0.15, 0.2) is 0 Å². The Labute approximate surface area is 116 Å². The van der Waals surface area contributed by atoms with Gasteiger partial charge in [-0.05, 0) is 25.0 Å². The first-order chi connectivity index (χ1) is 9.55. The van der Waals surface area contributed by atoms with Gasteiger partial charge in [0.25, 0.3) is 5.91 Å². The minimum atomic E-state index is -1.01. The summed E-state index contributed by atoms with van der Waals surface area (Å²) < 4.78 is 10.2. The van der Waals surface area contributed by atoms with Crippen LogP contribution in [-0.4, -0.2) is 48.7 Å². The number of hydrogen-bond acceptors (Lipinski definition) is 4. The summed E-state index contributed by atoms with van der Waals surface area (Å²) in [5.74, 6) is -0.329. The number of carbonyl (C=O) groups excluding carboxylic acids is 1. The molecule has 0 radical (unpaired) electrons. The molecule has 1 N–H and O–H groups in total. The maximum absolute atomic E-state index is 12.4. The summed E-state index contributed by atoms with van der Waals surface area (Å²) in [5.41, 5.74) is 0.370. The molecule has 0 aliphatic heterocycles. The summed E-state index contributed by atoms with van der Waals surface area (Å²) in [6.07, 6.45) is 1.69.